The van der Waals surface area contributed by atoms with Gasteiger partial charge in [0, 0.05) is 32.8 Å². The SMILES string of the molecule is C=C/C=C\C1=C(C)c2ccccc2C12c1ccccc1-c1cc3c(cc12)c(-c1ccc(-n2c4ccccc4c4ccccc42)cc1)nc1ccccc13. The minimum atomic E-state index is -0.455. The zero-order chi connectivity index (χ0) is 35.3. The molecule has 1 unspecified atom stereocenters. The predicted octanol–water partition coefficient (Wildman–Crippen LogP) is 13.0. The van der Waals surface area contributed by atoms with E-state index in [9.17, 15) is 0 Å². The number of aromatic nitrogens is 2. The summed E-state index contributed by atoms with van der Waals surface area (Å²) in [4.78, 5) is 5.44. The van der Waals surface area contributed by atoms with Crippen LogP contribution in [-0.4, -0.2) is 9.55 Å². The van der Waals surface area contributed by atoms with Gasteiger partial charge in [-0.1, -0.05) is 140 Å². The third-order valence-electron chi connectivity index (χ3n) is 11.8. The summed E-state index contributed by atoms with van der Waals surface area (Å²) in [6.45, 7) is 6.32. The van der Waals surface area contributed by atoms with Crippen LogP contribution in [0.15, 0.2) is 188 Å². The second kappa shape index (κ2) is 11.1. The zero-order valence-electron chi connectivity index (χ0n) is 29.3. The van der Waals surface area contributed by atoms with E-state index < -0.39 is 5.41 Å². The average molecular weight is 675 g/mol. The van der Waals surface area contributed by atoms with E-state index in [-0.39, 0.29) is 0 Å². The quantitative estimate of drug-likeness (QED) is 0.134. The Morgan fingerprint density at radius 2 is 1.15 bits per heavy atom. The Hall–Kier alpha value is -6.77. The molecule has 2 aliphatic carbocycles. The molecule has 0 N–H and O–H groups in total. The molecule has 2 heteroatoms. The van der Waals surface area contributed by atoms with Crippen molar-refractivity contribution in [2.24, 2.45) is 0 Å². The van der Waals surface area contributed by atoms with Gasteiger partial charge in [0.05, 0.1) is 27.7 Å². The number of allylic oxidation sites excluding steroid dienone is 5. The molecule has 9 aromatic rings. The first-order valence-corrected chi connectivity index (χ1v) is 18.3. The van der Waals surface area contributed by atoms with Crippen molar-refractivity contribution in [1.29, 1.82) is 0 Å². The van der Waals surface area contributed by atoms with Crippen LogP contribution in [0.25, 0.3) is 77.1 Å². The van der Waals surface area contributed by atoms with Crippen molar-refractivity contribution >= 4 is 49.1 Å². The number of fused-ring (bicyclic) bond motifs is 13. The molecule has 7 aromatic carbocycles. The van der Waals surface area contributed by atoms with Gasteiger partial charge in [0.15, 0.2) is 0 Å². The predicted molar refractivity (Wildman–Crippen MR) is 223 cm³/mol. The van der Waals surface area contributed by atoms with Gasteiger partial charge in [0.2, 0.25) is 0 Å². The first kappa shape index (κ1) is 29.9. The van der Waals surface area contributed by atoms with Crippen LogP contribution in [0.2, 0.25) is 0 Å². The smallest absolute Gasteiger partial charge is 0.0788 e. The average Bonchev–Trinajstić information content (AvgIpc) is 3.80. The molecular formula is C51H34N2. The van der Waals surface area contributed by atoms with Crippen molar-refractivity contribution in [1.82, 2.24) is 9.55 Å². The van der Waals surface area contributed by atoms with E-state index in [4.69, 9.17) is 4.98 Å². The van der Waals surface area contributed by atoms with Crippen molar-refractivity contribution in [3.63, 3.8) is 0 Å². The highest BCUT2D eigenvalue weighted by Crippen LogP contribution is 2.62. The summed E-state index contributed by atoms with van der Waals surface area (Å²) >= 11 is 0. The summed E-state index contributed by atoms with van der Waals surface area (Å²) in [7, 11) is 0. The fourth-order valence-electron chi connectivity index (χ4n) is 9.61. The molecule has 248 valence electrons. The number of pyridine rings is 1. The number of hydrogen-bond donors (Lipinski definition) is 0. The van der Waals surface area contributed by atoms with Crippen LogP contribution in [0.3, 0.4) is 0 Å². The number of para-hydroxylation sites is 3. The maximum Gasteiger partial charge on any atom is 0.0788 e. The molecule has 0 saturated carbocycles. The topological polar surface area (TPSA) is 17.8 Å². The van der Waals surface area contributed by atoms with Gasteiger partial charge in [-0.2, -0.15) is 0 Å². The fourth-order valence-corrected chi connectivity index (χ4v) is 9.61. The lowest BCUT2D eigenvalue weighted by atomic mass is 9.69. The summed E-state index contributed by atoms with van der Waals surface area (Å²) in [5.74, 6) is 0. The van der Waals surface area contributed by atoms with E-state index in [1.807, 2.05) is 6.08 Å². The highest BCUT2D eigenvalue weighted by molar-refractivity contribution is 6.14. The summed E-state index contributed by atoms with van der Waals surface area (Å²) in [6.07, 6.45) is 6.26. The first-order chi connectivity index (χ1) is 26.2. The van der Waals surface area contributed by atoms with E-state index in [1.54, 1.807) is 0 Å². The van der Waals surface area contributed by atoms with Crippen LogP contribution < -0.4 is 0 Å². The minimum Gasteiger partial charge on any atom is -0.309 e. The molecule has 11 rings (SSSR count). The van der Waals surface area contributed by atoms with Crippen molar-refractivity contribution < 1.29 is 0 Å². The molecule has 0 bridgehead atoms. The van der Waals surface area contributed by atoms with Gasteiger partial charge < -0.3 is 4.57 Å². The Kier molecular flexibility index (Phi) is 6.27. The summed E-state index contributed by atoms with van der Waals surface area (Å²) in [5.41, 5.74) is 16.6. The lowest BCUT2D eigenvalue weighted by molar-refractivity contribution is 0.787. The molecule has 0 aliphatic heterocycles. The highest BCUT2D eigenvalue weighted by Gasteiger charge is 2.51. The number of hydrogen-bond acceptors (Lipinski definition) is 1. The molecule has 2 aromatic heterocycles. The standard InChI is InChI=1S/C51H34N2/c1-3-4-20-43-32(2)35-15-5-10-21-44(35)51(43)45-22-11-6-16-36(45)41-30-40-37-17-7-12-23-47(37)52-50(42(40)31-46(41)51)33-26-28-34(29-27-33)53-48-24-13-8-18-38(48)39-19-9-14-25-49(39)53/h3-31H,1H2,2H3/b20-4-. The molecule has 1 atom stereocenters. The van der Waals surface area contributed by atoms with Gasteiger partial charge in [0.1, 0.15) is 0 Å². The molecular weight excluding hydrogens is 641 g/mol. The van der Waals surface area contributed by atoms with E-state index in [0.29, 0.717) is 0 Å². The normalized spacial score (nSPS) is 16.0. The summed E-state index contributed by atoms with van der Waals surface area (Å²) < 4.78 is 2.37. The van der Waals surface area contributed by atoms with E-state index in [1.165, 1.54) is 77.1 Å². The lowest BCUT2D eigenvalue weighted by Gasteiger charge is -2.32. The van der Waals surface area contributed by atoms with Crippen LogP contribution in [0.5, 0.6) is 0 Å². The van der Waals surface area contributed by atoms with Crippen molar-refractivity contribution in [3.8, 4) is 28.1 Å². The van der Waals surface area contributed by atoms with Crippen LogP contribution in [0, 0.1) is 0 Å². The molecule has 0 radical (unpaired) electrons. The fraction of sp³-hybridized carbons (Fsp3) is 0.0392. The summed E-state index contributed by atoms with van der Waals surface area (Å²) in [6, 6.07) is 57.8. The second-order valence-corrected chi connectivity index (χ2v) is 14.3. The molecule has 2 heterocycles. The Bertz CT molecular complexity index is 3030. The molecule has 1 spiro atoms. The third kappa shape index (κ3) is 3.95. The van der Waals surface area contributed by atoms with Crippen LogP contribution in [-0.2, 0) is 5.41 Å². The van der Waals surface area contributed by atoms with Crippen LogP contribution in [0.1, 0.15) is 29.2 Å². The highest BCUT2D eigenvalue weighted by atomic mass is 15.0. The van der Waals surface area contributed by atoms with Gasteiger partial charge in [-0.25, -0.2) is 4.98 Å². The molecule has 0 saturated heterocycles. The van der Waals surface area contributed by atoms with Crippen molar-refractivity contribution in [2.75, 3.05) is 0 Å². The minimum absolute atomic E-state index is 0.455. The van der Waals surface area contributed by atoms with Gasteiger partial charge in [-0.15, -0.1) is 0 Å². The van der Waals surface area contributed by atoms with Crippen LogP contribution in [0.4, 0.5) is 0 Å². The molecule has 2 aliphatic rings. The Balaban J connectivity index is 1.19. The molecule has 53 heavy (non-hydrogen) atoms. The summed E-state index contributed by atoms with van der Waals surface area (Å²) in [5, 5.41) is 6.07. The van der Waals surface area contributed by atoms with E-state index in [0.717, 1.165) is 27.8 Å². The van der Waals surface area contributed by atoms with Crippen molar-refractivity contribution in [2.45, 2.75) is 12.3 Å². The zero-order valence-corrected chi connectivity index (χ0v) is 29.3. The van der Waals surface area contributed by atoms with Crippen LogP contribution >= 0.6 is 0 Å². The van der Waals surface area contributed by atoms with E-state index >= 15 is 0 Å². The van der Waals surface area contributed by atoms with E-state index in [2.05, 4.69) is 188 Å². The Morgan fingerprint density at radius 3 is 1.87 bits per heavy atom. The molecule has 0 amide bonds. The van der Waals surface area contributed by atoms with Gasteiger partial charge in [-0.3, -0.25) is 0 Å². The molecule has 2 nitrogen and oxygen atoms in total. The largest absolute Gasteiger partial charge is 0.309 e. The molecule has 0 fully saturated rings. The van der Waals surface area contributed by atoms with Gasteiger partial charge in [-0.05, 0) is 99.3 Å². The van der Waals surface area contributed by atoms with Crippen molar-refractivity contribution in [3.05, 3.63) is 210 Å². The number of rotatable bonds is 4. The maximum atomic E-state index is 5.44. The Labute approximate surface area is 308 Å². The third-order valence-corrected chi connectivity index (χ3v) is 11.8. The van der Waals surface area contributed by atoms with Gasteiger partial charge >= 0.3 is 0 Å². The maximum absolute atomic E-state index is 5.44. The monoisotopic (exact) mass is 674 g/mol. The lowest BCUT2D eigenvalue weighted by Crippen LogP contribution is -2.26. The first-order valence-electron chi connectivity index (χ1n) is 18.3. The Morgan fingerprint density at radius 1 is 0.547 bits per heavy atom. The number of benzene rings is 7. The number of nitrogens with zero attached hydrogens (tertiary/aromatic N) is 2. The second-order valence-electron chi connectivity index (χ2n) is 14.3. The van der Waals surface area contributed by atoms with Gasteiger partial charge in [0.25, 0.3) is 0 Å².